The van der Waals surface area contributed by atoms with Gasteiger partial charge in [0.05, 0.1) is 19.1 Å². The van der Waals surface area contributed by atoms with Crippen LogP contribution in [0.2, 0.25) is 0 Å². The van der Waals surface area contributed by atoms with Crippen LogP contribution in [0.3, 0.4) is 0 Å². The Kier molecular flexibility index (Phi) is 6.00. The predicted octanol–water partition coefficient (Wildman–Crippen LogP) is 0.438. The topological polar surface area (TPSA) is 108 Å². The number of hydrogen-bond acceptors (Lipinski definition) is 6. The molecular weight excluding hydrogens is 306 g/mol. The molecule has 1 fully saturated rings. The molecule has 2 N–H and O–H groups in total. The molecule has 0 aromatic carbocycles. The Morgan fingerprint density at radius 2 is 2.14 bits per heavy atom. The molecule has 1 heterocycles. The van der Waals surface area contributed by atoms with Crippen LogP contribution in [-0.2, 0) is 19.1 Å². The van der Waals surface area contributed by atoms with E-state index in [1.165, 1.54) is 0 Å². The summed E-state index contributed by atoms with van der Waals surface area (Å²) in [6.07, 6.45) is 1.11. The zero-order valence-corrected chi connectivity index (χ0v) is 13.6. The third-order valence-corrected chi connectivity index (χ3v) is 3.97. The molecule has 0 aliphatic carbocycles. The van der Waals surface area contributed by atoms with Crippen molar-refractivity contribution in [2.24, 2.45) is 11.8 Å². The number of ether oxygens (including phenoxy) is 1. The first-order chi connectivity index (χ1) is 10.4. The van der Waals surface area contributed by atoms with Gasteiger partial charge in [-0.2, -0.15) is 5.26 Å². The molecule has 1 rings (SSSR count). The summed E-state index contributed by atoms with van der Waals surface area (Å²) in [6.45, 7) is 3.55. The number of rotatable bonds is 6. The number of nitriles is 1. The summed E-state index contributed by atoms with van der Waals surface area (Å²) in [4.78, 5) is 37.0. The average molecular weight is 325 g/mol. The maximum Gasteiger partial charge on any atom is 0.334 e. The second kappa shape index (κ2) is 7.31. The van der Waals surface area contributed by atoms with Crippen molar-refractivity contribution >= 4 is 35.0 Å². The van der Waals surface area contributed by atoms with E-state index in [1.54, 1.807) is 13.0 Å². The van der Waals surface area contributed by atoms with Gasteiger partial charge >= 0.3 is 5.97 Å². The van der Waals surface area contributed by atoms with Gasteiger partial charge in [-0.25, -0.2) is 4.79 Å². The van der Waals surface area contributed by atoms with E-state index in [4.69, 9.17) is 17.0 Å². The molecular formula is C14H19N3O4S. The first kappa shape index (κ1) is 18.0. The monoisotopic (exact) mass is 325 g/mol. The fraction of sp³-hybridized carbons (Fsp3) is 0.643. The van der Waals surface area contributed by atoms with E-state index in [-0.39, 0.29) is 23.7 Å². The van der Waals surface area contributed by atoms with E-state index in [2.05, 4.69) is 10.6 Å². The minimum Gasteiger partial charge on any atom is -0.467 e. The zero-order valence-electron chi connectivity index (χ0n) is 12.8. The maximum atomic E-state index is 12.4. The molecule has 1 aliphatic rings. The Labute approximate surface area is 134 Å². The molecule has 0 aromatic heterocycles. The average Bonchev–Trinajstić information content (AvgIpc) is 2.46. The highest BCUT2D eigenvalue weighted by molar-refractivity contribution is 7.80. The SMILES string of the molecule is CCCC(=O)[C@@H](CC)[C@]1(C(=O)OC)NC(=S)NC(=O)[C@H]1C#N. The summed E-state index contributed by atoms with van der Waals surface area (Å²) in [5.41, 5.74) is -1.79. The maximum absolute atomic E-state index is 12.4. The third kappa shape index (κ3) is 2.95. The van der Waals surface area contributed by atoms with Crippen molar-refractivity contribution in [3.05, 3.63) is 0 Å². The summed E-state index contributed by atoms with van der Waals surface area (Å²) < 4.78 is 4.79. The molecule has 0 unspecified atom stereocenters. The van der Waals surface area contributed by atoms with Gasteiger partial charge in [-0.05, 0) is 25.1 Å². The standard InChI is InChI=1S/C14H19N3O4S/c1-4-6-10(18)8(5-2)14(12(20)21-3)9(7-15)11(19)16-13(22)17-14/h8-9H,4-6H2,1-3H3,(H2,16,17,19,22)/t8-,9-,14+/m1/s1. The van der Waals surface area contributed by atoms with E-state index < -0.39 is 29.3 Å². The van der Waals surface area contributed by atoms with Crippen LogP contribution in [0.4, 0.5) is 0 Å². The number of nitrogens with zero attached hydrogens (tertiary/aromatic N) is 1. The Hall–Kier alpha value is -2.01. The van der Waals surface area contributed by atoms with Gasteiger partial charge in [-0.3, -0.25) is 9.59 Å². The van der Waals surface area contributed by atoms with Crippen LogP contribution in [0.5, 0.6) is 0 Å². The summed E-state index contributed by atoms with van der Waals surface area (Å²) >= 11 is 4.95. The molecule has 1 amide bonds. The van der Waals surface area contributed by atoms with Gasteiger partial charge in [-0.1, -0.05) is 13.8 Å². The lowest BCUT2D eigenvalue weighted by Gasteiger charge is -2.43. The van der Waals surface area contributed by atoms with Crippen molar-refractivity contribution in [3.8, 4) is 6.07 Å². The van der Waals surface area contributed by atoms with Gasteiger partial charge in [-0.15, -0.1) is 0 Å². The highest BCUT2D eigenvalue weighted by Crippen LogP contribution is 2.34. The molecule has 1 saturated heterocycles. The number of carbonyl (C=O) groups excluding carboxylic acids is 3. The van der Waals surface area contributed by atoms with Gasteiger partial charge in [0.1, 0.15) is 5.78 Å². The number of ketones is 1. The molecule has 3 atom stereocenters. The van der Waals surface area contributed by atoms with Crippen LogP contribution in [-0.4, -0.2) is 35.4 Å². The Morgan fingerprint density at radius 1 is 1.50 bits per heavy atom. The predicted molar refractivity (Wildman–Crippen MR) is 81.4 cm³/mol. The number of Topliss-reactive ketones (excluding diaryl/α,β-unsaturated/α-hetero) is 1. The molecule has 8 heteroatoms. The molecule has 0 bridgehead atoms. The third-order valence-electron chi connectivity index (χ3n) is 3.77. The number of methoxy groups -OCH3 is 1. The van der Waals surface area contributed by atoms with Gasteiger partial charge in [0, 0.05) is 6.42 Å². The quantitative estimate of drug-likeness (QED) is 0.539. The highest BCUT2D eigenvalue weighted by Gasteiger charge is 2.60. The lowest BCUT2D eigenvalue weighted by molar-refractivity contribution is -0.158. The second-order valence-corrected chi connectivity index (χ2v) is 5.45. The largest absolute Gasteiger partial charge is 0.467 e. The molecule has 7 nitrogen and oxygen atoms in total. The molecule has 0 spiro atoms. The lowest BCUT2D eigenvalue weighted by atomic mass is 9.69. The fourth-order valence-electron chi connectivity index (χ4n) is 2.84. The van der Waals surface area contributed by atoms with E-state index in [1.807, 2.05) is 6.92 Å². The molecule has 0 aromatic rings. The van der Waals surface area contributed by atoms with Crippen molar-refractivity contribution < 1.29 is 19.1 Å². The van der Waals surface area contributed by atoms with Gasteiger partial charge < -0.3 is 15.4 Å². The first-order valence-corrected chi connectivity index (χ1v) is 7.43. The molecule has 1 aliphatic heterocycles. The number of esters is 1. The van der Waals surface area contributed by atoms with E-state index in [9.17, 15) is 19.6 Å². The fourth-order valence-corrected chi connectivity index (χ4v) is 3.10. The number of carbonyl (C=O) groups is 3. The van der Waals surface area contributed by atoms with Gasteiger partial charge in [0.2, 0.25) is 5.91 Å². The zero-order chi connectivity index (χ0) is 16.9. The van der Waals surface area contributed by atoms with Gasteiger partial charge in [0.25, 0.3) is 0 Å². The van der Waals surface area contributed by atoms with Gasteiger partial charge in [0.15, 0.2) is 16.6 Å². The van der Waals surface area contributed by atoms with Crippen molar-refractivity contribution in [3.63, 3.8) is 0 Å². The van der Waals surface area contributed by atoms with Crippen LogP contribution in [0, 0.1) is 23.2 Å². The van der Waals surface area contributed by atoms with Crippen LogP contribution in [0.15, 0.2) is 0 Å². The first-order valence-electron chi connectivity index (χ1n) is 7.02. The number of thiocarbonyl (C=S) groups is 1. The van der Waals surface area contributed by atoms with Crippen LogP contribution >= 0.6 is 12.2 Å². The lowest BCUT2D eigenvalue weighted by Crippen LogP contribution is -2.73. The summed E-state index contributed by atoms with van der Waals surface area (Å²) in [5, 5.41) is 14.3. The molecule has 0 radical (unpaired) electrons. The van der Waals surface area contributed by atoms with Crippen molar-refractivity contribution in [1.82, 2.24) is 10.6 Å². The smallest absolute Gasteiger partial charge is 0.334 e. The van der Waals surface area contributed by atoms with E-state index in [0.29, 0.717) is 6.42 Å². The summed E-state index contributed by atoms with van der Waals surface area (Å²) in [6, 6.07) is 1.80. The molecule has 22 heavy (non-hydrogen) atoms. The van der Waals surface area contributed by atoms with E-state index in [0.717, 1.165) is 7.11 Å². The Bertz CT molecular complexity index is 543. The molecule has 0 saturated carbocycles. The number of nitrogens with one attached hydrogen (secondary N) is 2. The second-order valence-electron chi connectivity index (χ2n) is 5.04. The Morgan fingerprint density at radius 3 is 2.59 bits per heavy atom. The van der Waals surface area contributed by atoms with Crippen molar-refractivity contribution in [2.45, 2.75) is 38.6 Å². The van der Waals surface area contributed by atoms with Crippen LogP contribution < -0.4 is 10.6 Å². The number of amides is 1. The van der Waals surface area contributed by atoms with Crippen LogP contribution in [0.1, 0.15) is 33.1 Å². The minimum atomic E-state index is -1.79. The molecule has 120 valence electrons. The summed E-state index contributed by atoms with van der Waals surface area (Å²) in [7, 11) is 1.15. The van der Waals surface area contributed by atoms with Crippen molar-refractivity contribution in [1.29, 1.82) is 5.26 Å². The van der Waals surface area contributed by atoms with Crippen molar-refractivity contribution in [2.75, 3.05) is 7.11 Å². The number of hydrogen-bond donors (Lipinski definition) is 2. The highest BCUT2D eigenvalue weighted by atomic mass is 32.1. The van der Waals surface area contributed by atoms with Crippen LogP contribution in [0.25, 0.3) is 0 Å². The Balaban J connectivity index is 3.49. The summed E-state index contributed by atoms with van der Waals surface area (Å²) in [5.74, 6) is -4.04. The normalized spacial score (nSPS) is 25.5. The minimum absolute atomic E-state index is 0.0929. The van der Waals surface area contributed by atoms with E-state index >= 15 is 0 Å².